The van der Waals surface area contributed by atoms with Crippen molar-refractivity contribution in [3.05, 3.63) is 0 Å². The van der Waals surface area contributed by atoms with Crippen LogP contribution in [0, 0.1) is 5.92 Å². The molecule has 0 spiro atoms. The van der Waals surface area contributed by atoms with Crippen LogP contribution in [0.15, 0.2) is 0 Å². The molecule has 1 N–H and O–H groups in total. The average molecular weight is 235 g/mol. The predicted molar refractivity (Wildman–Crippen MR) is 60.7 cm³/mol. The molecule has 1 aliphatic heterocycles. The maximum atomic E-state index is 11.2. The molecule has 4 nitrogen and oxygen atoms in total. The highest BCUT2D eigenvalue weighted by molar-refractivity contribution is 7.90. The van der Waals surface area contributed by atoms with Gasteiger partial charge in [0, 0.05) is 25.5 Å². The lowest BCUT2D eigenvalue weighted by Gasteiger charge is -2.26. The Morgan fingerprint density at radius 2 is 2.00 bits per heavy atom. The lowest BCUT2D eigenvalue weighted by molar-refractivity contribution is 0.0615. The SMILES string of the molecule is CNC(CC1CCOCC1)CS(C)(=O)=O. The molecule has 0 saturated carbocycles. The molecule has 0 aromatic rings. The lowest BCUT2D eigenvalue weighted by atomic mass is 9.93. The molecule has 0 bridgehead atoms. The summed E-state index contributed by atoms with van der Waals surface area (Å²) < 4.78 is 27.6. The maximum Gasteiger partial charge on any atom is 0.148 e. The zero-order valence-electron chi connectivity index (χ0n) is 9.53. The first-order valence-corrected chi connectivity index (χ1v) is 7.50. The van der Waals surface area contributed by atoms with Crippen LogP contribution in [0.2, 0.25) is 0 Å². The minimum atomic E-state index is -2.88. The van der Waals surface area contributed by atoms with Crippen LogP contribution in [-0.2, 0) is 14.6 Å². The van der Waals surface area contributed by atoms with Gasteiger partial charge in [0.2, 0.25) is 0 Å². The molecule has 0 aromatic carbocycles. The van der Waals surface area contributed by atoms with E-state index in [1.807, 2.05) is 7.05 Å². The highest BCUT2D eigenvalue weighted by Gasteiger charge is 2.20. The molecule has 5 heteroatoms. The van der Waals surface area contributed by atoms with Gasteiger partial charge in [0.1, 0.15) is 9.84 Å². The van der Waals surface area contributed by atoms with Crippen LogP contribution < -0.4 is 5.32 Å². The van der Waals surface area contributed by atoms with E-state index in [-0.39, 0.29) is 11.8 Å². The zero-order valence-corrected chi connectivity index (χ0v) is 10.3. The Morgan fingerprint density at radius 3 is 2.47 bits per heavy atom. The lowest BCUT2D eigenvalue weighted by Crippen LogP contribution is -2.35. The van der Waals surface area contributed by atoms with E-state index in [0.717, 1.165) is 32.5 Å². The summed E-state index contributed by atoms with van der Waals surface area (Å²) in [7, 11) is -1.05. The van der Waals surface area contributed by atoms with E-state index in [0.29, 0.717) is 5.92 Å². The number of ether oxygens (including phenoxy) is 1. The zero-order chi connectivity index (χ0) is 11.3. The standard InChI is InChI=1S/C10H21NO3S/c1-11-10(8-15(2,12)13)7-9-3-5-14-6-4-9/h9-11H,3-8H2,1-2H3. The van der Waals surface area contributed by atoms with Crippen molar-refractivity contribution < 1.29 is 13.2 Å². The Hall–Kier alpha value is -0.130. The number of hydrogen-bond acceptors (Lipinski definition) is 4. The van der Waals surface area contributed by atoms with Crippen molar-refractivity contribution >= 4 is 9.84 Å². The van der Waals surface area contributed by atoms with Gasteiger partial charge < -0.3 is 10.1 Å². The van der Waals surface area contributed by atoms with Crippen molar-refractivity contribution in [3.8, 4) is 0 Å². The van der Waals surface area contributed by atoms with Crippen molar-refractivity contribution in [2.45, 2.75) is 25.3 Å². The quantitative estimate of drug-likeness (QED) is 0.751. The van der Waals surface area contributed by atoms with E-state index in [2.05, 4.69) is 5.32 Å². The molecule has 0 radical (unpaired) electrons. The molecule has 0 amide bonds. The van der Waals surface area contributed by atoms with Gasteiger partial charge in [0.05, 0.1) is 5.75 Å². The van der Waals surface area contributed by atoms with Gasteiger partial charge in [0.15, 0.2) is 0 Å². The van der Waals surface area contributed by atoms with Gasteiger partial charge in [-0.25, -0.2) is 8.42 Å². The number of rotatable bonds is 5. The monoisotopic (exact) mass is 235 g/mol. The van der Waals surface area contributed by atoms with Crippen molar-refractivity contribution in [3.63, 3.8) is 0 Å². The minimum Gasteiger partial charge on any atom is -0.381 e. The molecule has 90 valence electrons. The Morgan fingerprint density at radius 1 is 1.40 bits per heavy atom. The normalized spacial score (nSPS) is 21.5. The van der Waals surface area contributed by atoms with Gasteiger partial charge >= 0.3 is 0 Å². The second-order valence-corrected chi connectivity index (χ2v) is 6.55. The van der Waals surface area contributed by atoms with Crippen LogP contribution >= 0.6 is 0 Å². The topological polar surface area (TPSA) is 55.4 Å². The summed E-state index contributed by atoms with van der Waals surface area (Å²) in [6.07, 6.45) is 4.35. The number of sulfone groups is 1. The molecular weight excluding hydrogens is 214 g/mol. The number of hydrogen-bond donors (Lipinski definition) is 1. The summed E-state index contributed by atoms with van der Waals surface area (Å²) in [5, 5.41) is 3.09. The predicted octanol–water partition coefficient (Wildman–Crippen LogP) is 0.436. The van der Waals surface area contributed by atoms with E-state index in [4.69, 9.17) is 4.74 Å². The fourth-order valence-electron chi connectivity index (χ4n) is 2.02. The van der Waals surface area contributed by atoms with E-state index < -0.39 is 9.84 Å². The van der Waals surface area contributed by atoms with Gasteiger partial charge in [-0.05, 0) is 32.2 Å². The Balaban J connectivity index is 2.38. The summed E-state index contributed by atoms with van der Waals surface area (Å²) in [6, 6.07) is 0.0862. The first-order chi connectivity index (χ1) is 7.01. The molecule has 1 aliphatic rings. The first-order valence-electron chi connectivity index (χ1n) is 5.44. The molecule has 0 aliphatic carbocycles. The first kappa shape index (κ1) is 12.9. The van der Waals surface area contributed by atoms with Crippen molar-refractivity contribution in [1.82, 2.24) is 5.32 Å². The molecule has 15 heavy (non-hydrogen) atoms. The van der Waals surface area contributed by atoms with E-state index in [1.54, 1.807) is 0 Å². The van der Waals surface area contributed by atoms with E-state index >= 15 is 0 Å². The van der Waals surface area contributed by atoms with Crippen molar-refractivity contribution in [1.29, 1.82) is 0 Å². The van der Waals surface area contributed by atoms with Gasteiger partial charge in [0.25, 0.3) is 0 Å². The third kappa shape index (κ3) is 5.49. The van der Waals surface area contributed by atoms with E-state index in [1.165, 1.54) is 6.26 Å². The van der Waals surface area contributed by atoms with E-state index in [9.17, 15) is 8.42 Å². The number of nitrogens with one attached hydrogen (secondary N) is 1. The van der Waals surface area contributed by atoms with Gasteiger partial charge in [-0.1, -0.05) is 0 Å². The van der Waals surface area contributed by atoms with Crippen LogP contribution in [0.5, 0.6) is 0 Å². The third-order valence-electron chi connectivity index (χ3n) is 2.87. The summed E-state index contributed by atoms with van der Waals surface area (Å²) in [6.45, 7) is 1.64. The van der Waals surface area contributed by atoms with Gasteiger partial charge in [-0.3, -0.25) is 0 Å². The highest BCUT2D eigenvalue weighted by Crippen LogP contribution is 2.20. The summed E-state index contributed by atoms with van der Waals surface area (Å²) in [5.41, 5.74) is 0. The second kappa shape index (κ2) is 5.82. The van der Waals surface area contributed by atoms with Crippen LogP contribution in [0.3, 0.4) is 0 Å². The minimum absolute atomic E-state index is 0.0862. The molecule has 1 unspecified atom stereocenters. The highest BCUT2D eigenvalue weighted by atomic mass is 32.2. The van der Waals surface area contributed by atoms with Gasteiger partial charge in [-0.2, -0.15) is 0 Å². The fraction of sp³-hybridized carbons (Fsp3) is 1.00. The molecule has 1 fully saturated rings. The molecule has 0 aromatic heterocycles. The smallest absolute Gasteiger partial charge is 0.148 e. The van der Waals surface area contributed by atoms with Crippen LogP contribution in [0.4, 0.5) is 0 Å². The Labute approximate surface area is 92.3 Å². The van der Waals surface area contributed by atoms with Crippen LogP contribution in [0.25, 0.3) is 0 Å². The van der Waals surface area contributed by atoms with Crippen LogP contribution in [0.1, 0.15) is 19.3 Å². The summed E-state index contributed by atoms with van der Waals surface area (Å²) >= 11 is 0. The second-order valence-electron chi connectivity index (χ2n) is 4.37. The largest absolute Gasteiger partial charge is 0.381 e. The molecular formula is C10H21NO3S. The molecule has 1 rings (SSSR count). The third-order valence-corrected chi connectivity index (χ3v) is 3.88. The van der Waals surface area contributed by atoms with Crippen LogP contribution in [-0.4, -0.2) is 46.7 Å². The summed E-state index contributed by atoms with van der Waals surface area (Å²) in [4.78, 5) is 0. The van der Waals surface area contributed by atoms with Crippen molar-refractivity contribution in [2.24, 2.45) is 5.92 Å². The molecule has 1 heterocycles. The van der Waals surface area contributed by atoms with Crippen molar-refractivity contribution in [2.75, 3.05) is 32.3 Å². The Bertz CT molecular complexity index is 270. The Kier molecular flexibility index (Phi) is 5.02. The summed E-state index contributed by atoms with van der Waals surface area (Å²) in [5.74, 6) is 0.846. The average Bonchev–Trinajstić information content (AvgIpc) is 2.16. The van der Waals surface area contributed by atoms with Gasteiger partial charge in [-0.15, -0.1) is 0 Å². The maximum absolute atomic E-state index is 11.2. The fourth-order valence-corrected chi connectivity index (χ4v) is 3.05. The molecule has 1 saturated heterocycles. The molecule has 1 atom stereocenters.